The van der Waals surface area contributed by atoms with Crippen LogP contribution < -0.4 is 5.32 Å². The van der Waals surface area contributed by atoms with Crippen molar-refractivity contribution in [2.24, 2.45) is 7.05 Å². The number of nitrogens with one attached hydrogen (secondary N) is 1. The lowest BCUT2D eigenvalue weighted by Gasteiger charge is -2.35. The molecule has 0 spiro atoms. The zero-order valence-electron chi connectivity index (χ0n) is 15.5. The standard InChI is InChI=1S/C19H22N6O2/c1-19(11-27-10-16-22-23-17(25(16)19)12-7-8-12)18(26)20-9-15-21-13-5-3-4-6-14(13)24(15)2/h3-6,12H,7-11H2,1-2H3,(H,20,26). The predicted molar refractivity (Wildman–Crippen MR) is 97.9 cm³/mol. The van der Waals surface area contributed by atoms with Crippen molar-refractivity contribution in [2.75, 3.05) is 6.61 Å². The van der Waals surface area contributed by atoms with E-state index < -0.39 is 5.54 Å². The molecule has 27 heavy (non-hydrogen) atoms. The van der Waals surface area contributed by atoms with Crippen molar-refractivity contribution in [3.05, 3.63) is 41.7 Å². The molecule has 1 aliphatic heterocycles. The second-order valence-corrected chi connectivity index (χ2v) is 7.61. The van der Waals surface area contributed by atoms with Gasteiger partial charge in [-0.25, -0.2) is 4.98 Å². The number of carbonyl (C=O) groups excluding carboxylic acids is 1. The lowest BCUT2D eigenvalue weighted by atomic mass is 9.99. The van der Waals surface area contributed by atoms with Crippen LogP contribution in [0.1, 0.15) is 43.2 Å². The van der Waals surface area contributed by atoms with E-state index in [9.17, 15) is 4.79 Å². The van der Waals surface area contributed by atoms with Gasteiger partial charge in [0.05, 0.1) is 24.2 Å². The molecule has 0 radical (unpaired) electrons. The molecule has 8 nitrogen and oxygen atoms in total. The third kappa shape index (κ3) is 2.55. The number of nitrogens with zero attached hydrogens (tertiary/aromatic N) is 5. The number of hydrogen-bond acceptors (Lipinski definition) is 5. The van der Waals surface area contributed by atoms with Crippen LogP contribution in [0.25, 0.3) is 11.0 Å². The Balaban J connectivity index is 1.41. The summed E-state index contributed by atoms with van der Waals surface area (Å²) in [5.74, 6) is 2.77. The molecule has 1 amide bonds. The Morgan fingerprint density at radius 1 is 1.33 bits per heavy atom. The van der Waals surface area contributed by atoms with Gasteiger partial charge in [0.2, 0.25) is 5.91 Å². The van der Waals surface area contributed by atoms with Gasteiger partial charge < -0.3 is 14.6 Å². The zero-order valence-corrected chi connectivity index (χ0v) is 15.5. The molecule has 8 heteroatoms. The Bertz CT molecular complexity index is 1030. The average Bonchev–Trinajstić information content (AvgIpc) is 3.35. The van der Waals surface area contributed by atoms with E-state index in [1.165, 1.54) is 0 Å². The van der Waals surface area contributed by atoms with E-state index in [1.807, 2.05) is 47.4 Å². The fraction of sp³-hybridized carbons (Fsp3) is 0.474. The van der Waals surface area contributed by atoms with E-state index in [1.54, 1.807) is 0 Å². The Hall–Kier alpha value is -2.74. The van der Waals surface area contributed by atoms with Gasteiger partial charge in [0.15, 0.2) is 5.82 Å². The number of rotatable bonds is 4. The molecule has 1 atom stereocenters. The number of imidazole rings is 1. The molecule has 0 bridgehead atoms. The number of fused-ring (bicyclic) bond motifs is 2. The number of para-hydroxylation sites is 2. The molecular formula is C19H22N6O2. The van der Waals surface area contributed by atoms with Gasteiger partial charge in [-0.3, -0.25) is 9.36 Å². The van der Waals surface area contributed by atoms with Crippen molar-refractivity contribution in [3.8, 4) is 0 Å². The Morgan fingerprint density at radius 2 is 2.15 bits per heavy atom. The maximum absolute atomic E-state index is 13.2. The fourth-order valence-electron chi connectivity index (χ4n) is 3.84. The third-order valence-electron chi connectivity index (χ3n) is 5.58. The molecule has 0 saturated heterocycles. The molecule has 3 aromatic rings. The minimum atomic E-state index is -0.848. The first kappa shape index (κ1) is 16.4. The summed E-state index contributed by atoms with van der Waals surface area (Å²) in [6.07, 6.45) is 2.22. The molecule has 140 valence electrons. The van der Waals surface area contributed by atoms with E-state index in [2.05, 4.69) is 20.5 Å². The number of aromatic nitrogens is 5. The highest BCUT2D eigenvalue weighted by atomic mass is 16.5. The Labute approximate surface area is 156 Å². The van der Waals surface area contributed by atoms with E-state index in [0.29, 0.717) is 25.7 Å². The monoisotopic (exact) mass is 366 g/mol. The second kappa shape index (κ2) is 5.88. The number of aryl methyl sites for hydroxylation is 1. The Kier molecular flexibility index (Phi) is 3.58. The first-order valence-corrected chi connectivity index (χ1v) is 9.29. The molecule has 3 heterocycles. The highest BCUT2D eigenvalue weighted by Gasteiger charge is 2.45. The van der Waals surface area contributed by atoms with Gasteiger partial charge in [-0.05, 0) is 31.9 Å². The van der Waals surface area contributed by atoms with Crippen LogP contribution in [-0.4, -0.2) is 36.8 Å². The summed E-state index contributed by atoms with van der Waals surface area (Å²) in [5, 5.41) is 11.6. The highest BCUT2D eigenvalue weighted by Crippen LogP contribution is 2.42. The number of benzene rings is 1. The summed E-state index contributed by atoms with van der Waals surface area (Å²) in [4.78, 5) is 17.8. The van der Waals surface area contributed by atoms with Crippen LogP contribution in [0, 0.1) is 0 Å². The van der Waals surface area contributed by atoms with Gasteiger partial charge in [0, 0.05) is 13.0 Å². The molecule has 1 unspecified atom stereocenters. The molecule has 2 aliphatic rings. The van der Waals surface area contributed by atoms with Gasteiger partial charge in [0.25, 0.3) is 0 Å². The molecule has 1 fully saturated rings. The van der Waals surface area contributed by atoms with Crippen molar-refractivity contribution in [1.82, 2.24) is 29.6 Å². The lowest BCUT2D eigenvalue weighted by Crippen LogP contribution is -2.53. The van der Waals surface area contributed by atoms with E-state index in [0.717, 1.165) is 41.3 Å². The van der Waals surface area contributed by atoms with E-state index >= 15 is 0 Å². The summed E-state index contributed by atoms with van der Waals surface area (Å²) in [6, 6.07) is 7.95. The molecule has 5 rings (SSSR count). The van der Waals surface area contributed by atoms with E-state index in [4.69, 9.17) is 4.74 Å². The van der Waals surface area contributed by atoms with Crippen LogP contribution in [0.5, 0.6) is 0 Å². The minimum absolute atomic E-state index is 0.0998. The van der Waals surface area contributed by atoms with Crippen LogP contribution in [0.2, 0.25) is 0 Å². The number of ether oxygens (including phenoxy) is 1. The molecule has 2 aromatic heterocycles. The van der Waals surface area contributed by atoms with Crippen LogP contribution in [0.3, 0.4) is 0 Å². The SMILES string of the molecule is Cn1c(CNC(=O)C2(C)COCc3nnc(C4CC4)n32)nc2ccccc21. The highest BCUT2D eigenvalue weighted by molar-refractivity contribution is 5.84. The maximum Gasteiger partial charge on any atom is 0.248 e. The summed E-state index contributed by atoms with van der Waals surface area (Å²) in [6.45, 7) is 2.96. The molecule has 1 aliphatic carbocycles. The normalized spacial score (nSPS) is 22.0. The molecule has 1 saturated carbocycles. The van der Waals surface area contributed by atoms with Crippen molar-refractivity contribution in [3.63, 3.8) is 0 Å². The zero-order chi connectivity index (χ0) is 18.6. The second-order valence-electron chi connectivity index (χ2n) is 7.61. The lowest BCUT2D eigenvalue weighted by molar-refractivity contribution is -0.135. The summed E-state index contributed by atoms with van der Waals surface area (Å²) in [7, 11) is 1.96. The first-order valence-electron chi connectivity index (χ1n) is 9.29. The largest absolute Gasteiger partial charge is 0.370 e. The number of carbonyl (C=O) groups is 1. The van der Waals surface area contributed by atoms with Crippen LogP contribution in [-0.2, 0) is 35.3 Å². The molecule has 1 N–H and O–H groups in total. The smallest absolute Gasteiger partial charge is 0.248 e. The van der Waals surface area contributed by atoms with Gasteiger partial charge in [-0.15, -0.1) is 10.2 Å². The maximum atomic E-state index is 13.2. The summed E-state index contributed by atoms with van der Waals surface area (Å²) in [5.41, 5.74) is 1.12. The fourth-order valence-corrected chi connectivity index (χ4v) is 3.84. The number of hydrogen-bond donors (Lipinski definition) is 1. The van der Waals surface area contributed by atoms with Crippen molar-refractivity contribution in [2.45, 2.75) is 44.4 Å². The van der Waals surface area contributed by atoms with Gasteiger partial charge in [-0.2, -0.15) is 0 Å². The van der Waals surface area contributed by atoms with Crippen molar-refractivity contribution < 1.29 is 9.53 Å². The summed E-state index contributed by atoms with van der Waals surface area (Å²) < 4.78 is 9.67. The van der Waals surface area contributed by atoms with Crippen molar-refractivity contribution >= 4 is 16.9 Å². The van der Waals surface area contributed by atoms with Gasteiger partial charge >= 0.3 is 0 Å². The first-order chi connectivity index (χ1) is 13.1. The average molecular weight is 366 g/mol. The predicted octanol–water partition coefficient (Wildman–Crippen LogP) is 1.60. The van der Waals surface area contributed by atoms with Gasteiger partial charge in [0.1, 0.15) is 23.8 Å². The van der Waals surface area contributed by atoms with E-state index in [-0.39, 0.29) is 5.91 Å². The van der Waals surface area contributed by atoms with Crippen LogP contribution in [0.4, 0.5) is 0 Å². The summed E-state index contributed by atoms with van der Waals surface area (Å²) >= 11 is 0. The van der Waals surface area contributed by atoms with Crippen LogP contribution >= 0.6 is 0 Å². The van der Waals surface area contributed by atoms with Crippen LogP contribution in [0.15, 0.2) is 24.3 Å². The molecule has 1 aromatic carbocycles. The molecular weight excluding hydrogens is 344 g/mol. The quantitative estimate of drug-likeness (QED) is 0.758. The Morgan fingerprint density at radius 3 is 2.93 bits per heavy atom. The van der Waals surface area contributed by atoms with Gasteiger partial charge in [-0.1, -0.05) is 12.1 Å². The minimum Gasteiger partial charge on any atom is -0.370 e. The topological polar surface area (TPSA) is 86.9 Å². The third-order valence-corrected chi connectivity index (χ3v) is 5.58. The number of amides is 1. The van der Waals surface area contributed by atoms with Crippen molar-refractivity contribution in [1.29, 1.82) is 0 Å².